The van der Waals surface area contributed by atoms with Gasteiger partial charge in [-0.1, -0.05) is 0 Å². The number of rotatable bonds is 5. The summed E-state index contributed by atoms with van der Waals surface area (Å²) in [6.45, 7) is 2.02. The number of esters is 1. The summed E-state index contributed by atoms with van der Waals surface area (Å²) in [5.41, 5.74) is 2.44. The summed E-state index contributed by atoms with van der Waals surface area (Å²) in [6.07, 6.45) is 2.24. The molecule has 2 atom stereocenters. The van der Waals surface area contributed by atoms with Gasteiger partial charge in [0, 0.05) is 24.2 Å². The molecular formula is C19H24N4O5. The molecule has 2 aromatic rings. The minimum atomic E-state index is -0.772. The van der Waals surface area contributed by atoms with Crippen LogP contribution in [0.25, 0.3) is 0 Å². The second-order valence-electron chi connectivity index (χ2n) is 6.41. The van der Waals surface area contributed by atoms with E-state index in [0.717, 1.165) is 17.0 Å². The number of hydrogen-bond donors (Lipinski definition) is 2. The normalized spacial score (nSPS) is 16.7. The number of fused-ring (bicyclic) bond motifs is 1. The van der Waals surface area contributed by atoms with Gasteiger partial charge in [-0.05, 0) is 25.1 Å². The Labute approximate surface area is 163 Å². The Kier molecular flexibility index (Phi) is 5.72. The summed E-state index contributed by atoms with van der Waals surface area (Å²) < 4.78 is 15.6. The fourth-order valence-corrected chi connectivity index (χ4v) is 3.37. The SMILES string of the molecule is COC(=O)C(C)NC(=O)N1CCc2[nH]cnc2C1c1cc(OC)ccc1OC. The maximum Gasteiger partial charge on any atom is 0.328 e. The molecule has 28 heavy (non-hydrogen) atoms. The molecule has 150 valence electrons. The first-order valence-electron chi connectivity index (χ1n) is 8.89. The Morgan fingerprint density at radius 3 is 2.75 bits per heavy atom. The number of hydrogen-bond acceptors (Lipinski definition) is 6. The average molecular weight is 388 g/mol. The van der Waals surface area contributed by atoms with E-state index in [0.29, 0.717) is 24.5 Å². The number of nitrogens with one attached hydrogen (secondary N) is 2. The lowest BCUT2D eigenvalue weighted by atomic mass is 9.95. The Morgan fingerprint density at radius 2 is 2.07 bits per heavy atom. The molecule has 2 amide bonds. The van der Waals surface area contributed by atoms with Crippen molar-refractivity contribution in [2.24, 2.45) is 0 Å². The highest BCUT2D eigenvalue weighted by atomic mass is 16.5. The zero-order chi connectivity index (χ0) is 20.3. The summed E-state index contributed by atoms with van der Waals surface area (Å²) in [6, 6.07) is 3.76. The predicted octanol–water partition coefficient (Wildman–Crippen LogP) is 1.65. The number of amides is 2. The van der Waals surface area contributed by atoms with Crippen molar-refractivity contribution in [3.05, 3.63) is 41.5 Å². The van der Waals surface area contributed by atoms with Gasteiger partial charge >= 0.3 is 12.0 Å². The van der Waals surface area contributed by atoms with Crippen molar-refractivity contribution in [3.8, 4) is 11.5 Å². The maximum atomic E-state index is 13.0. The molecule has 2 heterocycles. The van der Waals surface area contributed by atoms with Crippen LogP contribution in [-0.4, -0.2) is 60.8 Å². The fourth-order valence-electron chi connectivity index (χ4n) is 3.37. The molecule has 0 spiro atoms. The van der Waals surface area contributed by atoms with E-state index in [1.54, 1.807) is 44.5 Å². The van der Waals surface area contributed by atoms with Crippen molar-refractivity contribution >= 4 is 12.0 Å². The number of ether oxygens (including phenoxy) is 3. The standard InChI is InChI=1S/C19H24N4O5/c1-11(18(24)28-4)22-19(25)23-8-7-14-16(21-10-20-14)17(23)13-9-12(26-2)5-6-15(13)27-3/h5-6,9-11,17H,7-8H2,1-4H3,(H,20,21)(H,22,25). The molecule has 2 N–H and O–H groups in total. The lowest BCUT2D eigenvalue weighted by Gasteiger charge is -2.36. The first kappa shape index (κ1) is 19.5. The third-order valence-corrected chi connectivity index (χ3v) is 4.81. The number of urea groups is 1. The zero-order valence-electron chi connectivity index (χ0n) is 16.3. The summed E-state index contributed by atoms with van der Waals surface area (Å²) >= 11 is 0. The van der Waals surface area contributed by atoms with Crippen LogP contribution in [0.4, 0.5) is 4.79 Å². The van der Waals surface area contributed by atoms with Crippen molar-refractivity contribution < 1.29 is 23.8 Å². The highest BCUT2D eigenvalue weighted by Crippen LogP contribution is 2.39. The Morgan fingerprint density at radius 1 is 1.29 bits per heavy atom. The van der Waals surface area contributed by atoms with Crippen molar-refractivity contribution in [2.75, 3.05) is 27.9 Å². The molecule has 1 aliphatic rings. The van der Waals surface area contributed by atoms with E-state index in [-0.39, 0.29) is 6.03 Å². The van der Waals surface area contributed by atoms with Gasteiger partial charge in [0.1, 0.15) is 23.6 Å². The predicted molar refractivity (Wildman–Crippen MR) is 100 cm³/mol. The molecule has 1 aromatic heterocycles. The molecule has 1 aromatic carbocycles. The molecule has 9 heteroatoms. The van der Waals surface area contributed by atoms with Crippen LogP contribution in [0.2, 0.25) is 0 Å². The van der Waals surface area contributed by atoms with E-state index < -0.39 is 18.1 Å². The van der Waals surface area contributed by atoms with Gasteiger partial charge in [0.25, 0.3) is 0 Å². The fraction of sp³-hybridized carbons (Fsp3) is 0.421. The number of carbonyl (C=O) groups excluding carboxylic acids is 2. The number of imidazole rings is 1. The minimum Gasteiger partial charge on any atom is -0.497 e. The van der Waals surface area contributed by atoms with E-state index in [9.17, 15) is 9.59 Å². The smallest absolute Gasteiger partial charge is 0.328 e. The van der Waals surface area contributed by atoms with Crippen LogP contribution in [0.5, 0.6) is 11.5 Å². The molecule has 1 aliphatic heterocycles. The van der Waals surface area contributed by atoms with Crippen molar-refractivity contribution in [1.29, 1.82) is 0 Å². The first-order valence-corrected chi connectivity index (χ1v) is 8.89. The highest BCUT2D eigenvalue weighted by Gasteiger charge is 2.37. The largest absolute Gasteiger partial charge is 0.497 e. The number of aromatic nitrogens is 2. The van der Waals surface area contributed by atoms with Crippen LogP contribution in [0, 0.1) is 0 Å². The van der Waals surface area contributed by atoms with Crippen LogP contribution in [0.3, 0.4) is 0 Å². The Balaban J connectivity index is 2.02. The van der Waals surface area contributed by atoms with E-state index in [1.807, 2.05) is 6.07 Å². The third-order valence-electron chi connectivity index (χ3n) is 4.81. The van der Waals surface area contributed by atoms with Gasteiger partial charge < -0.3 is 29.4 Å². The molecule has 0 fully saturated rings. The second kappa shape index (κ2) is 8.20. The monoisotopic (exact) mass is 388 g/mol. The average Bonchev–Trinajstić information content (AvgIpc) is 3.20. The molecule has 3 rings (SSSR count). The number of benzene rings is 1. The number of carbonyl (C=O) groups is 2. The summed E-state index contributed by atoms with van der Waals surface area (Å²) in [4.78, 5) is 33.9. The second-order valence-corrected chi connectivity index (χ2v) is 6.41. The first-order chi connectivity index (χ1) is 13.5. The molecule has 0 bridgehead atoms. The third kappa shape index (κ3) is 3.60. The van der Waals surface area contributed by atoms with E-state index in [1.165, 1.54) is 7.11 Å². The summed E-state index contributed by atoms with van der Waals surface area (Å²) in [5.74, 6) is 0.739. The van der Waals surface area contributed by atoms with E-state index in [4.69, 9.17) is 14.2 Å². The number of H-pyrrole nitrogens is 1. The van der Waals surface area contributed by atoms with Crippen LogP contribution in [0.15, 0.2) is 24.5 Å². The van der Waals surface area contributed by atoms with Crippen molar-refractivity contribution in [2.45, 2.75) is 25.4 Å². The van der Waals surface area contributed by atoms with Crippen LogP contribution in [0.1, 0.15) is 29.9 Å². The van der Waals surface area contributed by atoms with Crippen LogP contribution < -0.4 is 14.8 Å². The molecule has 2 unspecified atom stereocenters. The maximum absolute atomic E-state index is 13.0. The van der Waals surface area contributed by atoms with Gasteiger partial charge in [-0.2, -0.15) is 0 Å². The van der Waals surface area contributed by atoms with Gasteiger partial charge in [0.05, 0.1) is 33.4 Å². The molecule has 0 aliphatic carbocycles. The highest BCUT2D eigenvalue weighted by molar-refractivity contribution is 5.84. The number of aromatic amines is 1. The van der Waals surface area contributed by atoms with Gasteiger partial charge in [-0.25, -0.2) is 14.6 Å². The Bertz CT molecular complexity index is 866. The Hall–Kier alpha value is -3.23. The molecule has 0 radical (unpaired) electrons. The molecule has 0 saturated heterocycles. The zero-order valence-corrected chi connectivity index (χ0v) is 16.3. The number of nitrogens with zero attached hydrogens (tertiary/aromatic N) is 2. The van der Waals surface area contributed by atoms with Crippen LogP contribution in [-0.2, 0) is 16.0 Å². The molecule has 0 saturated carbocycles. The lowest BCUT2D eigenvalue weighted by molar-refractivity contribution is -0.142. The van der Waals surface area contributed by atoms with Crippen molar-refractivity contribution in [3.63, 3.8) is 0 Å². The van der Waals surface area contributed by atoms with E-state index >= 15 is 0 Å². The van der Waals surface area contributed by atoms with Gasteiger partial charge in [-0.3, -0.25) is 0 Å². The van der Waals surface area contributed by atoms with Crippen LogP contribution >= 0.6 is 0 Å². The molecule has 9 nitrogen and oxygen atoms in total. The van der Waals surface area contributed by atoms with Gasteiger partial charge in [0.2, 0.25) is 0 Å². The molecular weight excluding hydrogens is 364 g/mol. The van der Waals surface area contributed by atoms with Gasteiger partial charge in [-0.15, -0.1) is 0 Å². The van der Waals surface area contributed by atoms with Gasteiger partial charge in [0.15, 0.2) is 0 Å². The quantitative estimate of drug-likeness (QED) is 0.755. The minimum absolute atomic E-state index is 0.388. The lowest BCUT2D eigenvalue weighted by Crippen LogP contribution is -2.50. The van der Waals surface area contributed by atoms with Crippen molar-refractivity contribution in [1.82, 2.24) is 20.2 Å². The summed E-state index contributed by atoms with van der Waals surface area (Å²) in [7, 11) is 4.43. The number of methoxy groups -OCH3 is 3. The topological polar surface area (TPSA) is 106 Å². The van der Waals surface area contributed by atoms with E-state index in [2.05, 4.69) is 15.3 Å². The summed E-state index contributed by atoms with van der Waals surface area (Å²) in [5, 5.41) is 2.69.